The molecule has 4 aliphatic heterocycles. The third-order valence-corrected chi connectivity index (χ3v) is 20.8. The molecule has 2 fully saturated rings. The number of likely N-dealkylation sites (N-methyl/N-ethyl adjacent to an activating group) is 2. The van der Waals surface area contributed by atoms with E-state index in [4.69, 9.17) is 37.3 Å². The van der Waals surface area contributed by atoms with Crippen molar-refractivity contribution in [2.75, 3.05) is 23.9 Å². The van der Waals surface area contributed by atoms with Crippen LogP contribution in [0.2, 0.25) is 0 Å². The first-order valence-electron chi connectivity index (χ1n) is 30.3. The van der Waals surface area contributed by atoms with Gasteiger partial charge in [0.1, 0.15) is 0 Å². The largest absolute Gasteiger partial charge is 0.346 e. The van der Waals surface area contributed by atoms with Gasteiger partial charge in [-0.3, -0.25) is 20.2 Å². The molecule has 0 unspecified atom stereocenters. The number of benzene rings is 7. The summed E-state index contributed by atoms with van der Waals surface area (Å²) in [5.41, 5.74) is 15.5. The van der Waals surface area contributed by atoms with Gasteiger partial charge in [-0.2, -0.15) is 9.15 Å². The number of hydrogen-bond donors (Lipinski definition) is 0. The molecule has 7 aromatic carbocycles. The highest BCUT2D eigenvalue weighted by Crippen LogP contribution is 2.59. The number of non-ortho nitro benzene ring substituents is 2. The molecular weight excluding hydrogens is 1350 g/mol. The number of halogens is 4. The van der Waals surface area contributed by atoms with Crippen LogP contribution in [0.15, 0.2) is 178 Å². The number of rotatable bonds is 10. The van der Waals surface area contributed by atoms with Crippen LogP contribution < -0.4 is 47.1 Å². The lowest BCUT2D eigenvalue weighted by Gasteiger charge is -2.36. The summed E-state index contributed by atoms with van der Waals surface area (Å²) in [5, 5.41) is 29.3. The molecular formula is C70H68Br2Cl2N6O12. The molecule has 13 rings (SSSR count). The van der Waals surface area contributed by atoms with Gasteiger partial charge in [-0.1, -0.05) is 123 Å². The van der Waals surface area contributed by atoms with Crippen molar-refractivity contribution >= 4 is 99.0 Å². The van der Waals surface area contributed by atoms with Crippen LogP contribution in [-0.4, -0.2) is 44.5 Å². The number of fused-ring (bicyclic) bond motifs is 10. The molecule has 4 heterocycles. The minimum absolute atomic E-state index is 0.126. The maximum Gasteiger partial charge on any atom is 0.271 e. The first-order chi connectivity index (χ1) is 43.4. The summed E-state index contributed by atoms with van der Waals surface area (Å²) in [4.78, 5) is 28.4. The van der Waals surface area contributed by atoms with Gasteiger partial charge in [-0.25, -0.2) is 37.3 Å². The Morgan fingerprint density at radius 3 is 1.17 bits per heavy atom. The monoisotopic (exact) mass is 1410 g/mol. The number of allylic oxidation sites excluding steroid dienone is 8. The quantitative estimate of drug-likeness (QED) is 0.0704. The molecule has 478 valence electrons. The molecule has 2 aliphatic carbocycles. The highest BCUT2D eigenvalue weighted by molar-refractivity contribution is 9.11. The first kappa shape index (κ1) is 66.4. The molecule has 0 radical (unpaired) electrons. The van der Waals surface area contributed by atoms with Crippen LogP contribution in [-0.2, 0) is 34.7 Å². The van der Waals surface area contributed by atoms with E-state index in [1.807, 2.05) is 12.1 Å². The summed E-state index contributed by atoms with van der Waals surface area (Å²) in [6.07, 6.45) is 24.1. The molecule has 0 bridgehead atoms. The van der Waals surface area contributed by atoms with Crippen molar-refractivity contribution < 1.29 is 76.8 Å². The number of nitro groups is 2. The van der Waals surface area contributed by atoms with Crippen LogP contribution in [0.5, 0.6) is 0 Å². The lowest BCUT2D eigenvalue weighted by atomic mass is 9.68. The zero-order valence-electron chi connectivity index (χ0n) is 51.6. The van der Waals surface area contributed by atoms with Crippen LogP contribution >= 0.6 is 31.9 Å². The molecule has 0 N–H and O–H groups in total. The second-order valence-corrected chi connectivity index (χ2v) is 28.7. The third kappa shape index (κ3) is 12.5. The van der Waals surface area contributed by atoms with Crippen molar-refractivity contribution in [3.8, 4) is 0 Å². The Morgan fingerprint density at radius 1 is 0.500 bits per heavy atom. The summed E-state index contributed by atoms with van der Waals surface area (Å²) in [6.45, 7) is 10.8. The standard InChI is InChI=1S/C70H68Br2N6O4.2ClHO4/c1-67(2)59(23-17-25-61-69(35-13-7-14-36-69)53-39-49(77(79)80)41-55(71)65(53)73(61)5)75(57-33-31-47-19-9-11-21-51(47)63(57)67)43-45-27-29-46(30-28-45)44-76-58-34-32-48-20-10-12-22-52(48)64(58)68(3,4)60(76)24-18-26-62-70(37-15-8-16-38-70)54-40-50(78(81)82)42-56(72)66(54)74(62)6;2*2-1(3,4)5/h9-12,17-34,39-42H,7-8,13-16,35-38,43-44H2,1-6H3;2*(H,2,3,4,5)/q+2;;/p-2. The van der Waals surface area contributed by atoms with E-state index in [0.29, 0.717) is 13.1 Å². The average molecular weight is 1420 g/mol. The Balaban J connectivity index is 0.000000807. The van der Waals surface area contributed by atoms with Crippen LogP contribution in [0, 0.1) is 40.7 Å². The number of anilines is 2. The lowest BCUT2D eigenvalue weighted by Crippen LogP contribution is -2.68. The second kappa shape index (κ2) is 25.4. The molecule has 2 saturated carbocycles. The van der Waals surface area contributed by atoms with Crippen molar-refractivity contribution in [1.82, 2.24) is 0 Å². The number of hydrogen-bond acceptors (Lipinski definition) is 14. The van der Waals surface area contributed by atoms with E-state index in [9.17, 15) is 20.2 Å². The zero-order chi connectivity index (χ0) is 66.0. The van der Waals surface area contributed by atoms with E-state index in [1.54, 1.807) is 12.1 Å². The second-order valence-electron chi connectivity index (χ2n) is 25.5. The fraction of sp³-hybridized carbons (Fsp3) is 0.314. The molecule has 0 amide bonds. The van der Waals surface area contributed by atoms with Crippen molar-refractivity contribution in [1.29, 1.82) is 0 Å². The predicted octanol–water partition coefficient (Wildman–Crippen LogP) is 8.56. The van der Waals surface area contributed by atoms with Gasteiger partial charge in [0.2, 0.25) is 11.4 Å². The highest BCUT2D eigenvalue weighted by Gasteiger charge is 2.51. The Labute approximate surface area is 554 Å². The normalized spacial score (nSPS) is 19.3. The Morgan fingerprint density at radius 2 is 0.837 bits per heavy atom. The third-order valence-electron chi connectivity index (χ3n) is 19.6. The predicted molar refractivity (Wildman–Crippen MR) is 340 cm³/mol. The molecule has 0 saturated heterocycles. The van der Waals surface area contributed by atoms with Gasteiger partial charge < -0.3 is 9.80 Å². The molecule has 22 heteroatoms. The first-order valence-corrected chi connectivity index (χ1v) is 34.4. The van der Waals surface area contributed by atoms with Crippen LogP contribution in [0.3, 0.4) is 0 Å². The van der Waals surface area contributed by atoms with E-state index in [1.165, 1.54) is 90.8 Å². The smallest absolute Gasteiger partial charge is 0.271 e. The molecule has 18 nitrogen and oxygen atoms in total. The topological polar surface area (TPSA) is 283 Å². The fourth-order valence-electron chi connectivity index (χ4n) is 15.8. The van der Waals surface area contributed by atoms with Gasteiger partial charge in [0.25, 0.3) is 11.4 Å². The van der Waals surface area contributed by atoms with Crippen molar-refractivity contribution in [3.05, 3.63) is 232 Å². The summed E-state index contributed by atoms with van der Waals surface area (Å²) in [5.74, 6) is 0. The van der Waals surface area contributed by atoms with Gasteiger partial charge in [0, 0.05) is 116 Å². The Kier molecular flexibility index (Phi) is 18.3. The number of nitrogens with zero attached hydrogens (tertiary/aromatic N) is 6. The van der Waals surface area contributed by atoms with E-state index < -0.39 is 20.5 Å². The summed E-state index contributed by atoms with van der Waals surface area (Å²) in [6, 6.07) is 42.8. The summed E-state index contributed by atoms with van der Waals surface area (Å²) < 4.78 is 74.5. The van der Waals surface area contributed by atoms with Crippen LogP contribution in [0.1, 0.15) is 125 Å². The Hall–Kier alpha value is -7.02. The minimum Gasteiger partial charge on any atom is -0.346 e. The highest BCUT2D eigenvalue weighted by atomic mass is 79.9. The van der Waals surface area contributed by atoms with Gasteiger partial charge >= 0.3 is 0 Å². The summed E-state index contributed by atoms with van der Waals surface area (Å²) >= 11 is 7.52. The molecule has 0 aromatic heterocycles. The number of nitro benzene ring substituents is 2. The van der Waals surface area contributed by atoms with E-state index in [0.717, 1.165) is 82.8 Å². The SMILES string of the molecule is CN1/C(=C/C=C/C2=[N+](Cc3ccc(C[N+]4=C(/C=C/C=C5/N(C)c6c(Br)cc([N+](=O)[O-])cc6C56CCCCC6)C(C)(C)c5c4ccc4ccccc54)cc3)c3ccc4ccccc4c3C2(C)C)C2(CCCCC2)c2cc([N+](=O)[O-])cc(Br)c21.[O-][Cl+3]([O-])([O-])[O-].[O-][Cl+3]([O-])([O-])[O-]. The average Bonchev–Trinajstić information content (AvgIpc) is 1.59. The van der Waals surface area contributed by atoms with Crippen LogP contribution in [0.4, 0.5) is 34.1 Å². The zero-order valence-corrected chi connectivity index (χ0v) is 56.3. The van der Waals surface area contributed by atoms with Crippen molar-refractivity contribution in [2.24, 2.45) is 0 Å². The van der Waals surface area contributed by atoms with E-state index >= 15 is 0 Å². The molecule has 6 aliphatic rings. The van der Waals surface area contributed by atoms with Gasteiger partial charge in [0.15, 0.2) is 24.5 Å². The van der Waals surface area contributed by atoms with Crippen molar-refractivity contribution in [2.45, 2.75) is 127 Å². The minimum atomic E-state index is -4.94. The van der Waals surface area contributed by atoms with E-state index in [2.05, 4.69) is 226 Å². The lowest BCUT2D eigenvalue weighted by molar-refractivity contribution is -2.00. The van der Waals surface area contributed by atoms with Gasteiger partial charge in [0.05, 0.1) is 32.1 Å². The van der Waals surface area contributed by atoms with Gasteiger partial charge in [-0.15, -0.1) is 20.5 Å². The molecule has 2 spiro atoms. The van der Waals surface area contributed by atoms with Crippen molar-refractivity contribution in [3.63, 3.8) is 0 Å². The van der Waals surface area contributed by atoms with Gasteiger partial charge in [-0.05, 0) is 142 Å². The molecule has 92 heavy (non-hydrogen) atoms. The summed E-state index contributed by atoms with van der Waals surface area (Å²) in [7, 11) is -5.66. The van der Waals surface area contributed by atoms with E-state index in [-0.39, 0.29) is 42.9 Å². The molecule has 7 aromatic rings. The maximum absolute atomic E-state index is 12.2. The molecule has 0 atom stereocenters. The van der Waals surface area contributed by atoms with Crippen LogP contribution in [0.25, 0.3) is 21.5 Å². The maximum atomic E-state index is 12.2. The fourth-order valence-corrected chi connectivity index (χ4v) is 17.3. The Bertz CT molecular complexity index is 4040.